The van der Waals surface area contributed by atoms with Crippen molar-refractivity contribution in [1.82, 2.24) is 5.32 Å². The Hall–Kier alpha value is -3.80. The van der Waals surface area contributed by atoms with Crippen LogP contribution in [0, 0.1) is 0 Å². The van der Waals surface area contributed by atoms with Crippen LogP contribution in [0.5, 0.6) is 5.75 Å². The molecule has 6 nitrogen and oxygen atoms in total. The molecule has 3 rings (SSSR count). The van der Waals surface area contributed by atoms with E-state index in [-0.39, 0.29) is 5.56 Å². The summed E-state index contributed by atoms with van der Waals surface area (Å²) in [4.78, 5) is 23.5. The van der Waals surface area contributed by atoms with Gasteiger partial charge in [0.15, 0.2) is 0 Å². The van der Waals surface area contributed by atoms with Gasteiger partial charge >= 0.3 is 12.1 Å². The number of amides is 1. The van der Waals surface area contributed by atoms with E-state index >= 15 is 0 Å². The summed E-state index contributed by atoms with van der Waals surface area (Å²) in [5, 5.41) is 12.0. The third-order valence-electron chi connectivity index (χ3n) is 4.59. The summed E-state index contributed by atoms with van der Waals surface area (Å²) in [6.45, 7) is 5.75. The fourth-order valence-corrected chi connectivity index (χ4v) is 3.12. The van der Waals surface area contributed by atoms with Crippen molar-refractivity contribution in [1.29, 1.82) is 0 Å². The number of ether oxygens (including phenoxy) is 2. The van der Waals surface area contributed by atoms with Gasteiger partial charge in [-0.3, -0.25) is 0 Å². The van der Waals surface area contributed by atoms with Gasteiger partial charge in [0.05, 0.1) is 11.6 Å². The van der Waals surface area contributed by atoms with E-state index in [1.54, 1.807) is 24.3 Å². The van der Waals surface area contributed by atoms with E-state index in [1.165, 1.54) is 0 Å². The van der Waals surface area contributed by atoms with Crippen molar-refractivity contribution in [3.8, 4) is 5.75 Å². The van der Waals surface area contributed by atoms with Gasteiger partial charge in [-0.25, -0.2) is 9.59 Å². The third-order valence-corrected chi connectivity index (χ3v) is 4.59. The SMILES string of the molecule is CC(C)(C)OC(=O)NC(c1ccccc1)c1cccc(OCc2ccc(C(=O)O)cc2)c1. The number of benzene rings is 3. The van der Waals surface area contributed by atoms with E-state index in [0.717, 1.165) is 16.7 Å². The standard InChI is InChI=1S/C26H27NO5/c1-26(2,3)32-25(30)27-23(19-8-5-4-6-9-19)21-10-7-11-22(16-21)31-17-18-12-14-20(15-13-18)24(28)29/h4-16,23H,17H2,1-3H3,(H,27,30)(H,28,29). The van der Waals surface area contributed by atoms with Crippen LogP contribution in [-0.4, -0.2) is 22.8 Å². The number of rotatable bonds is 7. The number of hydrogen-bond acceptors (Lipinski definition) is 4. The zero-order valence-corrected chi connectivity index (χ0v) is 18.4. The molecular weight excluding hydrogens is 406 g/mol. The highest BCUT2D eigenvalue weighted by atomic mass is 16.6. The summed E-state index contributed by atoms with van der Waals surface area (Å²) in [5.74, 6) is -0.327. The van der Waals surface area contributed by atoms with Gasteiger partial charge in [-0.05, 0) is 61.7 Å². The van der Waals surface area contributed by atoms with Crippen LogP contribution in [0.1, 0.15) is 53.9 Å². The molecule has 1 unspecified atom stereocenters. The number of carboxylic acids is 1. The van der Waals surface area contributed by atoms with E-state index in [9.17, 15) is 9.59 Å². The normalized spacial score (nSPS) is 12.0. The van der Waals surface area contributed by atoms with Gasteiger partial charge in [-0.1, -0.05) is 54.6 Å². The number of hydrogen-bond donors (Lipinski definition) is 2. The maximum Gasteiger partial charge on any atom is 0.408 e. The van der Waals surface area contributed by atoms with Crippen molar-refractivity contribution < 1.29 is 24.2 Å². The largest absolute Gasteiger partial charge is 0.489 e. The lowest BCUT2D eigenvalue weighted by molar-refractivity contribution is 0.0511. The molecule has 0 saturated heterocycles. The molecule has 2 N–H and O–H groups in total. The van der Waals surface area contributed by atoms with Crippen molar-refractivity contribution in [2.45, 2.75) is 39.0 Å². The zero-order chi connectivity index (χ0) is 23.1. The van der Waals surface area contributed by atoms with Gasteiger partial charge in [0.2, 0.25) is 0 Å². The lowest BCUT2D eigenvalue weighted by Crippen LogP contribution is -2.35. The Bertz CT molecular complexity index is 1060. The van der Waals surface area contributed by atoms with Crippen molar-refractivity contribution in [3.05, 3.63) is 101 Å². The number of aromatic carboxylic acids is 1. The first-order chi connectivity index (χ1) is 15.2. The maximum absolute atomic E-state index is 12.5. The van der Waals surface area contributed by atoms with Crippen LogP contribution < -0.4 is 10.1 Å². The molecule has 6 heteroatoms. The second-order valence-electron chi connectivity index (χ2n) is 8.35. The highest BCUT2D eigenvalue weighted by molar-refractivity contribution is 5.87. The van der Waals surface area contributed by atoms with Gasteiger partial charge in [0.25, 0.3) is 0 Å². The summed E-state index contributed by atoms with van der Waals surface area (Å²) in [6.07, 6.45) is -0.504. The van der Waals surface area contributed by atoms with E-state index < -0.39 is 23.7 Å². The minimum absolute atomic E-state index is 0.231. The van der Waals surface area contributed by atoms with Gasteiger partial charge in [0, 0.05) is 0 Å². The molecule has 0 fully saturated rings. The fourth-order valence-electron chi connectivity index (χ4n) is 3.12. The molecule has 166 valence electrons. The molecular formula is C26H27NO5. The molecule has 0 radical (unpaired) electrons. The smallest absolute Gasteiger partial charge is 0.408 e. The van der Waals surface area contributed by atoms with Crippen LogP contribution in [-0.2, 0) is 11.3 Å². The van der Waals surface area contributed by atoms with E-state index in [0.29, 0.717) is 12.4 Å². The Morgan fingerprint density at radius 2 is 1.56 bits per heavy atom. The average molecular weight is 434 g/mol. The Labute approximate surface area is 187 Å². The molecule has 0 aliphatic carbocycles. The van der Waals surface area contributed by atoms with Crippen molar-refractivity contribution >= 4 is 12.1 Å². The van der Waals surface area contributed by atoms with Gasteiger partial charge < -0.3 is 19.9 Å². The number of alkyl carbamates (subject to hydrolysis) is 1. The van der Waals surface area contributed by atoms with Crippen LogP contribution in [0.15, 0.2) is 78.9 Å². The molecule has 0 aromatic heterocycles. The minimum atomic E-state index is -0.963. The fraction of sp³-hybridized carbons (Fsp3) is 0.231. The molecule has 32 heavy (non-hydrogen) atoms. The van der Waals surface area contributed by atoms with Crippen molar-refractivity contribution in [3.63, 3.8) is 0 Å². The molecule has 0 bridgehead atoms. The highest BCUT2D eigenvalue weighted by Crippen LogP contribution is 2.26. The average Bonchev–Trinajstić information content (AvgIpc) is 2.76. The summed E-state index contributed by atoms with van der Waals surface area (Å²) in [5.41, 5.74) is 2.24. The van der Waals surface area contributed by atoms with Crippen molar-refractivity contribution in [2.75, 3.05) is 0 Å². The number of carbonyl (C=O) groups is 2. The lowest BCUT2D eigenvalue weighted by Gasteiger charge is -2.24. The Kier molecular flexibility index (Phi) is 7.15. The van der Waals surface area contributed by atoms with Crippen LogP contribution in [0.4, 0.5) is 4.79 Å². The minimum Gasteiger partial charge on any atom is -0.489 e. The molecule has 3 aromatic carbocycles. The summed E-state index contributed by atoms with van der Waals surface area (Å²) in [7, 11) is 0. The maximum atomic E-state index is 12.5. The highest BCUT2D eigenvalue weighted by Gasteiger charge is 2.22. The second kappa shape index (κ2) is 10.0. The third kappa shape index (κ3) is 6.60. The number of carboxylic acid groups (broad SMARTS) is 1. The van der Waals surface area contributed by atoms with E-state index in [4.69, 9.17) is 14.6 Å². The first kappa shape index (κ1) is 22.9. The Balaban J connectivity index is 1.78. The predicted octanol–water partition coefficient (Wildman–Crippen LogP) is 5.58. The van der Waals surface area contributed by atoms with E-state index in [2.05, 4.69) is 5.32 Å². The molecule has 0 saturated carbocycles. The topological polar surface area (TPSA) is 84.9 Å². The molecule has 0 heterocycles. The molecule has 1 atom stereocenters. The monoisotopic (exact) mass is 433 g/mol. The Morgan fingerprint density at radius 1 is 0.906 bits per heavy atom. The van der Waals surface area contributed by atoms with Crippen LogP contribution in [0.25, 0.3) is 0 Å². The van der Waals surface area contributed by atoms with Crippen molar-refractivity contribution in [2.24, 2.45) is 0 Å². The van der Waals surface area contributed by atoms with Gasteiger partial charge in [-0.15, -0.1) is 0 Å². The van der Waals surface area contributed by atoms with Crippen LogP contribution in [0.3, 0.4) is 0 Å². The molecule has 0 spiro atoms. The molecule has 0 aliphatic rings. The predicted molar refractivity (Wildman–Crippen MR) is 122 cm³/mol. The lowest BCUT2D eigenvalue weighted by atomic mass is 9.98. The summed E-state index contributed by atoms with van der Waals surface area (Å²) >= 11 is 0. The molecule has 0 aliphatic heterocycles. The zero-order valence-electron chi connectivity index (χ0n) is 18.4. The second-order valence-corrected chi connectivity index (χ2v) is 8.35. The van der Waals surface area contributed by atoms with E-state index in [1.807, 2.05) is 75.4 Å². The molecule has 3 aromatic rings. The van der Waals surface area contributed by atoms with Crippen LogP contribution in [0.2, 0.25) is 0 Å². The quantitative estimate of drug-likeness (QED) is 0.508. The van der Waals surface area contributed by atoms with Gasteiger partial charge in [-0.2, -0.15) is 0 Å². The van der Waals surface area contributed by atoms with Gasteiger partial charge in [0.1, 0.15) is 18.0 Å². The first-order valence-electron chi connectivity index (χ1n) is 10.3. The van der Waals surface area contributed by atoms with Crippen LogP contribution >= 0.6 is 0 Å². The molecule has 1 amide bonds. The first-order valence-corrected chi connectivity index (χ1v) is 10.3. The Morgan fingerprint density at radius 3 is 2.19 bits per heavy atom. The summed E-state index contributed by atoms with van der Waals surface area (Å²) < 4.78 is 11.4. The summed E-state index contributed by atoms with van der Waals surface area (Å²) in [6, 6.07) is 23.3. The number of carbonyl (C=O) groups excluding carboxylic acids is 1. The number of nitrogens with one attached hydrogen (secondary N) is 1.